The van der Waals surface area contributed by atoms with Gasteiger partial charge < -0.3 is 15.0 Å². The molecular weight excluding hydrogens is 423 g/mol. The fourth-order valence-electron chi connectivity index (χ4n) is 3.83. The molecular formula is C24H27FN6O2. The Labute approximate surface area is 191 Å². The predicted molar refractivity (Wildman–Crippen MR) is 126 cm³/mol. The van der Waals surface area contributed by atoms with E-state index in [-0.39, 0.29) is 0 Å². The number of hydrogen-bond donors (Lipinski definition) is 1. The second kappa shape index (κ2) is 8.73. The zero-order valence-electron chi connectivity index (χ0n) is 19.2. The quantitative estimate of drug-likeness (QED) is 0.592. The molecule has 1 saturated heterocycles. The molecule has 3 heterocycles. The number of benzene rings is 1. The molecule has 0 unspecified atom stereocenters. The largest absolute Gasteiger partial charge is 0.444 e. The molecule has 1 aliphatic heterocycles. The fourth-order valence-corrected chi connectivity index (χ4v) is 3.83. The van der Waals surface area contributed by atoms with Crippen LogP contribution < -0.4 is 10.2 Å². The lowest BCUT2D eigenvalue weighted by molar-refractivity contribution is 0.0473. The Hall–Kier alpha value is -3.62. The van der Waals surface area contributed by atoms with Crippen molar-refractivity contribution >= 4 is 34.7 Å². The van der Waals surface area contributed by atoms with Gasteiger partial charge in [0.15, 0.2) is 5.82 Å². The van der Waals surface area contributed by atoms with Gasteiger partial charge in [-0.3, -0.25) is 19.9 Å². The van der Waals surface area contributed by atoms with Gasteiger partial charge >= 0.3 is 6.09 Å². The molecule has 1 N–H and O–H groups in total. The molecule has 2 aromatic heterocycles. The average molecular weight is 451 g/mol. The summed E-state index contributed by atoms with van der Waals surface area (Å²) in [6, 6.07) is 5.61. The van der Waals surface area contributed by atoms with E-state index >= 15 is 0 Å². The van der Waals surface area contributed by atoms with Crippen LogP contribution in [0.2, 0.25) is 0 Å². The highest BCUT2D eigenvalue weighted by Gasteiger charge is 2.38. The molecule has 0 spiro atoms. The van der Waals surface area contributed by atoms with Crippen LogP contribution in [-0.4, -0.2) is 51.5 Å². The molecule has 0 radical (unpaired) electrons. The summed E-state index contributed by atoms with van der Waals surface area (Å²) in [6.07, 6.45) is 7.79. The maximum atomic E-state index is 14.9. The van der Waals surface area contributed by atoms with Gasteiger partial charge in [-0.15, -0.1) is 0 Å². The molecule has 0 bridgehead atoms. The second-order valence-electron chi connectivity index (χ2n) is 9.41. The van der Waals surface area contributed by atoms with E-state index < -0.39 is 23.1 Å². The first-order valence-electron chi connectivity index (χ1n) is 10.8. The van der Waals surface area contributed by atoms with E-state index in [2.05, 4.69) is 25.3 Å². The summed E-state index contributed by atoms with van der Waals surface area (Å²) in [4.78, 5) is 31.2. The minimum absolute atomic E-state index is 0.358. The Morgan fingerprint density at radius 1 is 1.24 bits per heavy atom. The average Bonchev–Trinajstić information content (AvgIpc) is 3.11. The summed E-state index contributed by atoms with van der Waals surface area (Å²) < 4.78 is 20.3. The molecule has 172 valence electrons. The van der Waals surface area contributed by atoms with Gasteiger partial charge in [-0.2, -0.15) is 0 Å². The van der Waals surface area contributed by atoms with Crippen molar-refractivity contribution in [1.29, 1.82) is 0 Å². The number of carbonyl (C=O) groups is 1. The van der Waals surface area contributed by atoms with Crippen LogP contribution in [0.3, 0.4) is 0 Å². The van der Waals surface area contributed by atoms with Gasteiger partial charge in [0.2, 0.25) is 0 Å². The number of fused-ring (bicyclic) bond motifs is 1. The zero-order chi connectivity index (χ0) is 23.6. The van der Waals surface area contributed by atoms with E-state index in [1.165, 1.54) is 12.4 Å². The highest BCUT2D eigenvalue weighted by Crippen LogP contribution is 2.35. The van der Waals surface area contributed by atoms with Gasteiger partial charge in [0.25, 0.3) is 0 Å². The molecule has 33 heavy (non-hydrogen) atoms. The molecule has 9 heteroatoms. The van der Waals surface area contributed by atoms with Crippen LogP contribution in [0.25, 0.3) is 11.0 Å². The Balaban J connectivity index is 1.54. The molecule has 4 rings (SSSR count). The number of anilines is 1. The van der Waals surface area contributed by atoms with E-state index in [0.717, 1.165) is 16.6 Å². The first-order valence-corrected chi connectivity index (χ1v) is 10.8. The molecule has 0 saturated carbocycles. The minimum atomic E-state index is -0.591. The number of aliphatic imine (C=N–C) groups is 1. The number of hydrogen-bond acceptors (Lipinski definition) is 7. The topological polar surface area (TPSA) is 92.6 Å². The van der Waals surface area contributed by atoms with Crippen molar-refractivity contribution in [2.75, 3.05) is 18.0 Å². The minimum Gasteiger partial charge on any atom is -0.444 e. The van der Waals surface area contributed by atoms with Crippen LogP contribution in [-0.2, 0) is 4.74 Å². The lowest BCUT2D eigenvalue weighted by atomic mass is 10.0. The number of alkyl carbamates (subject to hydrolysis) is 1. The van der Waals surface area contributed by atoms with E-state index in [1.807, 2.05) is 50.8 Å². The molecule has 1 fully saturated rings. The zero-order valence-corrected chi connectivity index (χ0v) is 19.2. The van der Waals surface area contributed by atoms with Gasteiger partial charge in [0.05, 0.1) is 29.0 Å². The lowest BCUT2D eigenvalue weighted by Gasteiger charge is -2.29. The van der Waals surface area contributed by atoms with E-state index in [4.69, 9.17) is 4.74 Å². The van der Waals surface area contributed by atoms with Gasteiger partial charge in [-0.1, -0.05) is 6.07 Å². The second-order valence-corrected chi connectivity index (χ2v) is 9.41. The highest BCUT2D eigenvalue weighted by molar-refractivity contribution is 5.89. The molecule has 1 atom stereocenters. The summed E-state index contributed by atoms with van der Waals surface area (Å²) >= 11 is 0. The van der Waals surface area contributed by atoms with Crippen LogP contribution in [0.4, 0.5) is 20.6 Å². The van der Waals surface area contributed by atoms with Crippen molar-refractivity contribution in [2.24, 2.45) is 4.99 Å². The lowest BCUT2D eigenvalue weighted by Crippen LogP contribution is -2.49. The number of aromatic nitrogens is 3. The van der Waals surface area contributed by atoms with Crippen LogP contribution in [0.1, 0.15) is 39.7 Å². The molecule has 0 aliphatic carbocycles. The maximum absolute atomic E-state index is 14.9. The number of amides is 1. The molecule has 8 nitrogen and oxygen atoms in total. The third-order valence-corrected chi connectivity index (χ3v) is 5.29. The van der Waals surface area contributed by atoms with Crippen LogP contribution in [0.15, 0.2) is 48.0 Å². The number of halogens is 1. The number of ether oxygens (including phenoxy) is 1. The van der Waals surface area contributed by atoms with Crippen molar-refractivity contribution in [1.82, 2.24) is 20.3 Å². The SMILES string of the molecule is CC(C)(C)OC(=O)N[C@@]1(C)CCN(c2c(F)cncc2/N=C/c2ccc3nccnc3c2)C1. The summed E-state index contributed by atoms with van der Waals surface area (Å²) in [5.41, 5.74) is 1.98. The van der Waals surface area contributed by atoms with E-state index in [9.17, 15) is 9.18 Å². The predicted octanol–water partition coefficient (Wildman–Crippen LogP) is 4.41. The fraction of sp³-hybridized carbons (Fsp3) is 0.375. The molecule has 1 aromatic carbocycles. The molecule has 3 aromatic rings. The number of nitrogens with one attached hydrogen (secondary N) is 1. The van der Waals surface area contributed by atoms with E-state index in [1.54, 1.807) is 18.6 Å². The summed E-state index contributed by atoms with van der Waals surface area (Å²) in [5, 5.41) is 2.93. The van der Waals surface area contributed by atoms with Crippen molar-refractivity contribution < 1.29 is 13.9 Å². The normalized spacial score (nSPS) is 18.8. The summed E-state index contributed by atoms with van der Waals surface area (Å²) in [5.74, 6) is -0.462. The van der Waals surface area contributed by atoms with Crippen molar-refractivity contribution in [2.45, 2.75) is 45.3 Å². The van der Waals surface area contributed by atoms with Crippen LogP contribution in [0, 0.1) is 5.82 Å². The van der Waals surface area contributed by atoms with Gasteiger partial charge in [0, 0.05) is 31.7 Å². The smallest absolute Gasteiger partial charge is 0.408 e. The highest BCUT2D eigenvalue weighted by atomic mass is 19.1. The Bertz CT molecular complexity index is 1210. The number of rotatable bonds is 4. The van der Waals surface area contributed by atoms with E-state index in [0.29, 0.717) is 30.9 Å². The standard InChI is InChI=1S/C24H27FN6O2/c1-23(2,3)33-22(32)30-24(4)7-10-31(15-24)21-17(25)13-26-14-20(21)29-12-16-5-6-18-19(11-16)28-9-8-27-18/h5-6,8-9,11-14H,7,10,15H2,1-4H3,(H,30,32)/b29-12+/t24-/m0/s1. The third-order valence-electron chi connectivity index (χ3n) is 5.29. The first kappa shape index (κ1) is 22.6. The number of nitrogens with zero attached hydrogens (tertiary/aromatic N) is 5. The Morgan fingerprint density at radius 3 is 2.76 bits per heavy atom. The summed E-state index contributed by atoms with van der Waals surface area (Å²) in [6.45, 7) is 8.34. The molecule has 1 aliphatic rings. The van der Waals surface area contributed by atoms with Crippen molar-refractivity contribution in [3.05, 3.63) is 54.4 Å². The summed E-state index contributed by atoms with van der Waals surface area (Å²) in [7, 11) is 0. The Morgan fingerprint density at radius 2 is 2.00 bits per heavy atom. The van der Waals surface area contributed by atoms with Gasteiger partial charge in [-0.05, 0) is 51.8 Å². The third kappa shape index (κ3) is 5.42. The number of carbonyl (C=O) groups excluding carboxylic acids is 1. The van der Waals surface area contributed by atoms with Crippen molar-refractivity contribution in [3.8, 4) is 0 Å². The van der Waals surface area contributed by atoms with Gasteiger partial charge in [0.1, 0.15) is 17.0 Å². The van der Waals surface area contributed by atoms with Crippen molar-refractivity contribution in [3.63, 3.8) is 0 Å². The number of pyridine rings is 1. The Kier molecular flexibility index (Phi) is 5.97. The molecule has 1 amide bonds. The van der Waals surface area contributed by atoms with Crippen LogP contribution >= 0.6 is 0 Å². The maximum Gasteiger partial charge on any atom is 0.408 e. The monoisotopic (exact) mass is 450 g/mol. The van der Waals surface area contributed by atoms with Gasteiger partial charge in [-0.25, -0.2) is 9.18 Å². The van der Waals surface area contributed by atoms with Crippen LogP contribution in [0.5, 0.6) is 0 Å². The first-order chi connectivity index (χ1) is 15.6.